The SMILES string of the molecule is CC(C)C(C(=O)N1CCC(C(=O)O)C1)c1ccccc1. The maximum Gasteiger partial charge on any atom is 0.308 e. The molecule has 1 aromatic rings. The summed E-state index contributed by atoms with van der Waals surface area (Å²) in [4.78, 5) is 25.4. The third-order valence-electron chi connectivity index (χ3n) is 3.94. The van der Waals surface area contributed by atoms with Crippen LogP contribution in [-0.2, 0) is 9.59 Å². The molecule has 1 heterocycles. The number of hydrogen-bond acceptors (Lipinski definition) is 2. The van der Waals surface area contributed by atoms with E-state index in [1.165, 1.54) is 0 Å². The molecule has 1 fully saturated rings. The Morgan fingerprint density at radius 2 is 1.90 bits per heavy atom. The molecule has 2 unspecified atom stereocenters. The largest absolute Gasteiger partial charge is 0.481 e. The minimum absolute atomic E-state index is 0.0509. The van der Waals surface area contributed by atoms with E-state index in [-0.39, 0.29) is 17.7 Å². The number of nitrogens with zero attached hydrogens (tertiary/aromatic N) is 1. The molecule has 2 rings (SSSR count). The predicted molar refractivity (Wildman–Crippen MR) is 76.3 cm³/mol. The Hall–Kier alpha value is -1.84. The van der Waals surface area contributed by atoms with E-state index in [1.807, 2.05) is 44.2 Å². The van der Waals surface area contributed by atoms with Gasteiger partial charge >= 0.3 is 5.97 Å². The summed E-state index contributed by atoms with van der Waals surface area (Å²) in [6.07, 6.45) is 0.556. The summed E-state index contributed by atoms with van der Waals surface area (Å²) >= 11 is 0. The highest BCUT2D eigenvalue weighted by Crippen LogP contribution is 2.29. The monoisotopic (exact) mass is 275 g/mol. The lowest BCUT2D eigenvalue weighted by Crippen LogP contribution is -2.36. The Kier molecular flexibility index (Phi) is 4.42. The van der Waals surface area contributed by atoms with Crippen molar-refractivity contribution in [2.45, 2.75) is 26.2 Å². The van der Waals surface area contributed by atoms with Crippen LogP contribution in [0.25, 0.3) is 0 Å². The van der Waals surface area contributed by atoms with Crippen LogP contribution in [0.1, 0.15) is 31.7 Å². The summed E-state index contributed by atoms with van der Waals surface area (Å²) in [6.45, 7) is 4.94. The van der Waals surface area contributed by atoms with Gasteiger partial charge in [0, 0.05) is 13.1 Å². The number of benzene rings is 1. The zero-order valence-electron chi connectivity index (χ0n) is 12.0. The van der Waals surface area contributed by atoms with E-state index in [9.17, 15) is 9.59 Å². The smallest absolute Gasteiger partial charge is 0.308 e. The average molecular weight is 275 g/mol. The van der Waals surface area contributed by atoms with Gasteiger partial charge in [0.1, 0.15) is 0 Å². The van der Waals surface area contributed by atoms with Gasteiger partial charge in [0.25, 0.3) is 0 Å². The maximum atomic E-state index is 12.7. The van der Waals surface area contributed by atoms with Crippen molar-refractivity contribution in [2.75, 3.05) is 13.1 Å². The number of amides is 1. The second-order valence-corrected chi connectivity index (χ2v) is 5.74. The van der Waals surface area contributed by atoms with Crippen LogP contribution in [0.3, 0.4) is 0 Å². The number of aliphatic carboxylic acids is 1. The molecule has 1 amide bonds. The third kappa shape index (κ3) is 3.00. The molecule has 0 aromatic heterocycles. The second-order valence-electron chi connectivity index (χ2n) is 5.74. The zero-order chi connectivity index (χ0) is 14.7. The lowest BCUT2D eigenvalue weighted by atomic mass is 9.87. The summed E-state index contributed by atoms with van der Waals surface area (Å²) in [5.41, 5.74) is 1.01. The van der Waals surface area contributed by atoms with Crippen LogP contribution < -0.4 is 0 Å². The molecule has 4 nitrogen and oxygen atoms in total. The minimum atomic E-state index is -0.805. The summed E-state index contributed by atoms with van der Waals surface area (Å²) in [6, 6.07) is 9.73. The summed E-state index contributed by atoms with van der Waals surface area (Å²) < 4.78 is 0. The maximum absolute atomic E-state index is 12.7. The Bertz CT molecular complexity index is 484. The van der Waals surface area contributed by atoms with Crippen molar-refractivity contribution in [3.05, 3.63) is 35.9 Å². The molecular weight excluding hydrogens is 254 g/mol. The number of carbonyl (C=O) groups excluding carboxylic acids is 1. The Morgan fingerprint density at radius 3 is 2.40 bits per heavy atom. The molecule has 0 spiro atoms. The van der Waals surface area contributed by atoms with Crippen molar-refractivity contribution in [3.8, 4) is 0 Å². The van der Waals surface area contributed by atoms with Crippen molar-refractivity contribution < 1.29 is 14.7 Å². The van der Waals surface area contributed by atoms with Crippen LogP contribution in [0.2, 0.25) is 0 Å². The third-order valence-corrected chi connectivity index (χ3v) is 3.94. The molecular formula is C16H21NO3. The van der Waals surface area contributed by atoms with E-state index in [4.69, 9.17) is 5.11 Å². The van der Waals surface area contributed by atoms with E-state index < -0.39 is 11.9 Å². The molecule has 1 aliphatic heterocycles. The Balaban J connectivity index is 2.15. The van der Waals surface area contributed by atoms with Gasteiger partial charge in [-0.1, -0.05) is 44.2 Å². The molecule has 108 valence electrons. The molecule has 0 saturated carbocycles. The van der Waals surface area contributed by atoms with E-state index in [2.05, 4.69) is 0 Å². The lowest BCUT2D eigenvalue weighted by molar-refractivity contribution is -0.141. The molecule has 1 aliphatic rings. The molecule has 2 atom stereocenters. The predicted octanol–water partition coefficient (Wildman–Crippen LogP) is 2.36. The fourth-order valence-electron chi connectivity index (χ4n) is 2.83. The first-order valence-electron chi connectivity index (χ1n) is 7.07. The van der Waals surface area contributed by atoms with Crippen molar-refractivity contribution in [2.24, 2.45) is 11.8 Å². The fourth-order valence-corrected chi connectivity index (χ4v) is 2.83. The van der Waals surface area contributed by atoms with Gasteiger partial charge in [-0.15, -0.1) is 0 Å². The van der Waals surface area contributed by atoms with Crippen LogP contribution in [-0.4, -0.2) is 35.0 Å². The summed E-state index contributed by atoms with van der Waals surface area (Å²) in [7, 11) is 0. The van der Waals surface area contributed by atoms with Crippen molar-refractivity contribution in [3.63, 3.8) is 0 Å². The molecule has 0 aliphatic carbocycles. The van der Waals surface area contributed by atoms with Gasteiger partial charge in [-0.05, 0) is 17.9 Å². The van der Waals surface area contributed by atoms with Gasteiger partial charge in [0.15, 0.2) is 0 Å². The van der Waals surface area contributed by atoms with E-state index in [1.54, 1.807) is 4.90 Å². The number of carboxylic acids is 1. The van der Waals surface area contributed by atoms with Crippen molar-refractivity contribution in [1.82, 2.24) is 4.90 Å². The van der Waals surface area contributed by atoms with Crippen LogP contribution >= 0.6 is 0 Å². The Morgan fingerprint density at radius 1 is 1.25 bits per heavy atom. The first-order valence-corrected chi connectivity index (χ1v) is 7.07. The van der Waals surface area contributed by atoms with Crippen LogP contribution in [0.5, 0.6) is 0 Å². The molecule has 1 saturated heterocycles. The van der Waals surface area contributed by atoms with Gasteiger partial charge in [-0.3, -0.25) is 9.59 Å². The molecule has 0 radical (unpaired) electrons. The second kappa shape index (κ2) is 6.07. The number of carbonyl (C=O) groups is 2. The molecule has 1 N–H and O–H groups in total. The summed E-state index contributed by atoms with van der Waals surface area (Å²) in [5.74, 6) is -1.17. The van der Waals surface area contributed by atoms with Crippen LogP contribution in [0, 0.1) is 11.8 Å². The Labute approximate surface area is 119 Å². The molecule has 1 aromatic carbocycles. The standard InChI is InChI=1S/C16H21NO3/c1-11(2)14(12-6-4-3-5-7-12)15(18)17-9-8-13(10-17)16(19)20/h3-7,11,13-14H,8-10H2,1-2H3,(H,19,20). The van der Waals surface area contributed by atoms with Crippen molar-refractivity contribution in [1.29, 1.82) is 0 Å². The first kappa shape index (κ1) is 14.6. The normalized spacial score (nSPS) is 20.1. The average Bonchev–Trinajstić information content (AvgIpc) is 2.89. The van der Waals surface area contributed by atoms with Gasteiger partial charge in [0.2, 0.25) is 5.91 Å². The van der Waals surface area contributed by atoms with Crippen LogP contribution in [0.4, 0.5) is 0 Å². The highest BCUT2D eigenvalue weighted by Gasteiger charge is 2.35. The highest BCUT2D eigenvalue weighted by molar-refractivity contribution is 5.85. The number of likely N-dealkylation sites (tertiary alicyclic amines) is 1. The fraction of sp³-hybridized carbons (Fsp3) is 0.500. The number of hydrogen-bond donors (Lipinski definition) is 1. The number of rotatable bonds is 4. The molecule has 0 bridgehead atoms. The summed E-state index contributed by atoms with van der Waals surface area (Å²) in [5, 5.41) is 9.04. The van der Waals surface area contributed by atoms with Gasteiger partial charge in [-0.25, -0.2) is 0 Å². The van der Waals surface area contributed by atoms with Gasteiger partial charge < -0.3 is 10.0 Å². The quantitative estimate of drug-likeness (QED) is 0.917. The number of carboxylic acid groups (broad SMARTS) is 1. The van der Waals surface area contributed by atoms with Gasteiger partial charge in [-0.2, -0.15) is 0 Å². The van der Waals surface area contributed by atoms with E-state index >= 15 is 0 Å². The lowest BCUT2D eigenvalue weighted by Gasteiger charge is -2.26. The van der Waals surface area contributed by atoms with Crippen LogP contribution in [0.15, 0.2) is 30.3 Å². The minimum Gasteiger partial charge on any atom is -0.481 e. The molecule has 20 heavy (non-hydrogen) atoms. The topological polar surface area (TPSA) is 57.6 Å². The van der Waals surface area contributed by atoms with E-state index in [0.29, 0.717) is 19.5 Å². The molecule has 4 heteroatoms. The van der Waals surface area contributed by atoms with Gasteiger partial charge in [0.05, 0.1) is 11.8 Å². The zero-order valence-corrected chi connectivity index (χ0v) is 12.0. The first-order chi connectivity index (χ1) is 9.50. The highest BCUT2D eigenvalue weighted by atomic mass is 16.4. The van der Waals surface area contributed by atoms with Crippen molar-refractivity contribution >= 4 is 11.9 Å². The van der Waals surface area contributed by atoms with E-state index in [0.717, 1.165) is 5.56 Å².